The molecule has 3 nitrogen and oxygen atoms in total. The van der Waals surface area contributed by atoms with E-state index in [0.29, 0.717) is 11.4 Å². The summed E-state index contributed by atoms with van der Waals surface area (Å²) in [6.07, 6.45) is 3.10. The highest BCUT2D eigenvalue weighted by Gasteiger charge is 2.14. The summed E-state index contributed by atoms with van der Waals surface area (Å²) in [5.41, 5.74) is 0.709. The molecule has 1 atom stereocenters. The summed E-state index contributed by atoms with van der Waals surface area (Å²) in [6.45, 7) is 4.08. The minimum Gasteiger partial charge on any atom is -0.495 e. The average Bonchev–Trinajstić information content (AvgIpc) is 2.36. The van der Waals surface area contributed by atoms with E-state index in [1.165, 1.54) is 0 Å². The van der Waals surface area contributed by atoms with Gasteiger partial charge in [0.15, 0.2) is 0 Å². The highest BCUT2D eigenvalue weighted by molar-refractivity contribution is 9.10. The van der Waals surface area contributed by atoms with Gasteiger partial charge in [-0.3, -0.25) is 4.79 Å². The second-order valence-electron chi connectivity index (χ2n) is 4.38. The number of hydrogen-bond acceptors (Lipinski definition) is 2. The third-order valence-corrected chi connectivity index (χ3v) is 3.35. The number of rotatable bonds is 6. The summed E-state index contributed by atoms with van der Waals surface area (Å²) in [4.78, 5) is 12.0. The Morgan fingerprint density at radius 3 is 2.83 bits per heavy atom. The Morgan fingerprint density at radius 2 is 2.22 bits per heavy atom. The standard InChI is InChI=1S/C14H20BrNO2/c1-4-5-6-10(2)14(17)16-12-9-11(15)7-8-13(12)18-3/h7-10H,4-6H2,1-3H3,(H,16,17). The molecule has 100 valence electrons. The zero-order valence-electron chi connectivity index (χ0n) is 11.1. The van der Waals surface area contributed by atoms with Gasteiger partial charge < -0.3 is 10.1 Å². The number of nitrogens with one attached hydrogen (secondary N) is 1. The molecule has 0 fully saturated rings. The maximum Gasteiger partial charge on any atom is 0.227 e. The van der Waals surface area contributed by atoms with Crippen LogP contribution in [0, 0.1) is 5.92 Å². The summed E-state index contributed by atoms with van der Waals surface area (Å²) in [7, 11) is 1.60. The molecule has 0 spiro atoms. The first kappa shape index (κ1) is 15.0. The van der Waals surface area contributed by atoms with Crippen molar-refractivity contribution in [3.05, 3.63) is 22.7 Å². The lowest BCUT2D eigenvalue weighted by atomic mass is 10.0. The van der Waals surface area contributed by atoms with Gasteiger partial charge in [0, 0.05) is 10.4 Å². The van der Waals surface area contributed by atoms with E-state index in [4.69, 9.17) is 4.74 Å². The van der Waals surface area contributed by atoms with E-state index in [1.54, 1.807) is 7.11 Å². The Balaban J connectivity index is 2.71. The van der Waals surface area contributed by atoms with Crippen molar-refractivity contribution in [3.8, 4) is 5.75 Å². The Labute approximate surface area is 117 Å². The van der Waals surface area contributed by atoms with E-state index >= 15 is 0 Å². The van der Waals surface area contributed by atoms with Gasteiger partial charge in [-0.05, 0) is 24.6 Å². The van der Waals surface area contributed by atoms with Crippen molar-refractivity contribution in [2.24, 2.45) is 5.92 Å². The van der Waals surface area contributed by atoms with Crippen LogP contribution in [0.4, 0.5) is 5.69 Å². The van der Waals surface area contributed by atoms with Crippen LogP contribution < -0.4 is 10.1 Å². The van der Waals surface area contributed by atoms with Crippen LogP contribution in [-0.2, 0) is 4.79 Å². The zero-order valence-corrected chi connectivity index (χ0v) is 12.7. The molecule has 0 aliphatic carbocycles. The summed E-state index contributed by atoms with van der Waals surface area (Å²) in [5.74, 6) is 0.739. The van der Waals surface area contributed by atoms with Gasteiger partial charge in [-0.15, -0.1) is 0 Å². The molecule has 0 aliphatic rings. The molecule has 1 amide bonds. The minimum atomic E-state index is 0.0219. The molecule has 0 radical (unpaired) electrons. The molecule has 1 unspecified atom stereocenters. The van der Waals surface area contributed by atoms with Gasteiger partial charge in [0.05, 0.1) is 12.8 Å². The smallest absolute Gasteiger partial charge is 0.227 e. The number of halogens is 1. The maximum absolute atomic E-state index is 12.0. The number of hydrogen-bond donors (Lipinski definition) is 1. The molecule has 0 heterocycles. The van der Waals surface area contributed by atoms with Crippen LogP contribution in [0.1, 0.15) is 33.1 Å². The van der Waals surface area contributed by atoms with Crippen molar-refractivity contribution in [1.82, 2.24) is 0 Å². The van der Waals surface area contributed by atoms with E-state index in [0.717, 1.165) is 23.7 Å². The predicted molar refractivity (Wildman–Crippen MR) is 78.0 cm³/mol. The molecule has 18 heavy (non-hydrogen) atoms. The summed E-state index contributed by atoms with van der Waals surface area (Å²) in [6, 6.07) is 5.56. The van der Waals surface area contributed by atoms with Crippen molar-refractivity contribution >= 4 is 27.5 Å². The van der Waals surface area contributed by atoms with Crippen LogP contribution >= 0.6 is 15.9 Å². The molecule has 1 aromatic rings. The first-order chi connectivity index (χ1) is 8.58. The van der Waals surface area contributed by atoms with Crippen molar-refractivity contribution in [1.29, 1.82) is 0 Å². The monoisotopic (exact) mass is 313 g/mol. The lowest BCUT2D eigenvalue weighted by Crippen LogP contribution is -2.20. The predicted octanol–water partition coefficient (Wildman–Crippen LogP) is 4.22. The topological polar surface area (TPSA) is 38.3 Å². The molecule has 0 bridgehead atoms. The number of methoxy groups -OCH3 is 1. The molecule has 4 heteroatoms. The lowest BCUT2D eigenvalue weighted by Gasteiger charge is -2.14. The minimum absolute atomic E-state index is 0.0219. The fourth-order valence-corrected chi connectivity index (χ4v) is 2.04. The van der Waals surface area contributed by atoms with Gasteiger partial charge >= 0.3 is 0 Å². The van der Waals surface area contributed by atoms with Crippen LogP contribution in [0.3, 0.4) is 0 Å². The maximum atomic E-state index is 12.0. The van der Waals surface area contributed by atoms with Crippen molar-refractivity contribution < 1.29 is 9.53 Å². The van der Waals surface area contributed by atoms with Gasteiger partial charge in [-0.2, -0.15) is 0 Å². The Morgan fingerprint density at radius 1 is 1.50 bits per heavy atom. The molecule has 1 aromatic carbocycles. The number of benzene rings is 1. The average molecular weight is 314 g/mol. The third-order valence-electron chi connectivity index (χ3n) is 2.86. The second kappa shape index (κ2) is 7.41. The molecular formula is C14H20BrNO2. The van der Waals surface area contributed by atoms with Crippen molar-refractivity contribution in [2.75, 3.05) is 12.4 Å². The molecule has 0 saturated carbocycles. The van der Waals surface area contributed by atoms with E-state index in [9.17, 15) is 4.79 Å². The number of carbonyl (C=O) groups excluding carboxylic acids is 1. The molecule has 0 aliphatic heterocycles. The lowest BCUT2D eigenvalue weighted by molar-refractivity contribution is -0.119. The zero-order chi connectivity index (χ0) is 13.5. The first-order valence-electron chi connectivity index (χ1n) is 6.22. The van der Waals surface area contributed by atoms with Crippen LogP contribution in [0.25, 0.3) is 0 Å². The Hall–Kier alpha value is -1.03. The van der Waals surface area contributed by atoms with Gasteiger partial charge in [0.2, 0.25) is 5.91 Å². The van der Waals surface area contributed by atoms with Crippen molar-refractivity contribution in [3.63, 3.8) is 0 Å². The van der Waals surface area contributed by atoms with Crippen LogP contribution in [0.15, 0.2) is 22.7 Å². The quantitative estimate of drug-likeness (QED) is 0.853. The normalized spacial score (nSPS) is 12.0. The van der Waals surface area contributed by atoms with Gasteiger partial charge in [0.25, 0.3) is 0 Å². The van der Waals surface area contributed by atoms with Gasteiger partial charge in [0.1, 0.15) is 5.75 Å². The fraction of sp³-hybridized carbons (Fsp3) is 0.500. The number of carbonyl (C=O) groups is 1. The van der Waals surface area contributed by atoms with Crippen LogP contribution in [0.5, 0.6) is 5.75 Å². The van der Waals surface area contributed by atoms with Gasteiger partial charge in [-0.1, -0.05) is 42.6 Å². The van der Waals surface area contributed by atoms with E-state index in [2.05, 4.69) is 28.2 Å². The highest BCUT2D eigenvalue weighted by atomic mass is 79.9. The second-order valence-corrected chi connectivity index (χ2v) is 5.29. The Bertz CT molecular complexity index is 407. The molecule has 1 rings (SSSR count). The first-order valence-corrected chi connectivity index (χ1v) is 7.02. The van der Waals surface area contributed by atoms with E-state index in [-0.39, 0.29) is 11.8 Å². The molecule has 0 aromatic heterocycles. The number of ether oxygens (including phenoxy) is 1. The van der Waals surface area contributed by atoms with Crippen LogP contribution in [-0.4, -0.2) is 13.0 Å². The molecular weight excluding hydrogens is 294 g/mol. The molecule has 0 saturated heterocycles. The summed E-state index contributed by atoms with van der Waals surface area (Å²) in [5, 5.41) is 2.92. The SMILES string of the molecule is CCCCC(C)C(=O)Nc1cc(Br)ccc1OC. The van der Waals surface area contributed by atoms with Crippen LogP contribution in [0.2, 0.25) is 0 Å². The Kier molecular flexibility index (Phi) is 6.19. The third kappa shape index (κ3) is 4.33. The molecule has 1 N–H and O–H groups in total. The van der Waals surface area contributed by atoms with Crippen molar-refractivity contribution in [2.45, 2.75) is 33.1 Å². The largest absolute Gasteiger partial charge is 0.495 e. The van der Waals surface area contributed by atoms with E-state index < -0.39 is 0 Å². The van der Waals surface area contributed by atoms with E-state index in [1.807, 2.05) is 25.1 Å². The summed E-state index contributed by atoms with van der Waals surface area (Å²) >= 11 is 3.39. The number of anilines is 1. The number of amides is 1. The highest BCUT2D eigenvalue weighted by Crippen LogP contribution is 2.28. The number of unbranched alkanes of at least 4 members (excludes halogenated alkanes) is 1. The summed E-state index contributed by atoms with van der Waals surface area (Å²) < 4.78 is 6.14. The fourth-order valence-electron chi connectivity index (χ4n) is 1.68. The van der Waals surface area contributed by atoms with Gasteiger partial charge in [-0.25, -0.2) is 0 Å².